The van der Waals surface area contributed by atoms with Crippen LogP contribution in [0, 0.1) is 0 Å². The van der Waals surface area contributed by atoms with Crippen molar-refractivity contribution in [2.45, 2.75) is 50.6 Å². The smallest absolute Gasteiger partial charge is 0.323 e. The Balaban J connectivity index is 1.68. The number of rotatable bonds is 9. The van der Waals surface area contributed by atoms with Gasteiger partial charge >= 0.3 is 12.0 Å². The van der Waals surface area contributed by atoms with Gasteiger partial charge in [0.2, 0.25) is 5.91 Å². The van der Waals surface area contributed by atoms with Crippen LogP contribution in [0.1, 0.15) is 38.2 Å². The van der Waals surface area contributed by atoms with Crippen molar-refractivity contribution in [2.24, 2.45) is 5.73 Å². The molecule has 8 heteroatoms. The van der Waals surface area contributed by atoms with Crippen LogP contribution in [0.5, 0.6) is 0 Å². The summed E-state index contributed by atoms with van der Waals surface area (Å²) in [6, 6.07) is 7.16. The third-order valence-electron chi connectivity index (χ3n) is 4.50. The number of carbonyl (C=O) groups excluding carboxylic acids is 2. The molecule has 3 amide bonds. The van der Waals surface area contributed by atoms with Crippen LogP contribution in [-0.2, 0) is 16.0 Å². The number of urea groups is 1. The molecule has 26 heavy (non-hydrogen) atoms. The predicted molar refractivity (Wildman–Crippen MR) is 97.8 cm³/mol. The fourth-order valence-corrected chi connectivity index (χ4v) is 3.05. The van der Waals surface area contributed by atoms with Crippen LogP contribution in [0.4, 0.5) is 10.5 Å². The molecule has 1 aromatic carbocycles. The largest absolute Gasteiger partial charge is 0.480 e. The van der Waals surface area contributed by atoms with E-state index in [1.807, 2.05) is 24.3 Å². The quantitative estimate of drug-likeness (QED) is 0.421. The number of anilines is 1. The van der Waals surface area contributed by atoms with Crippen molar-refractivity contribution in [2.75, 3.05) is 11.9 Å². The molecule has 6 N–H and O–H groups in total. The lowest BCUT2D eigenvalue weighted by Crippen LogP contribution is -2.66. The predicted octanol–water partition coefficient (Wildman–Crippen LogP) is 1.21. The SMILES string of the molecule is CC1(C(=O)O)CC(Cc2ccc(NC(=O)CCCCNC(N)=O)cc2)N1. The van der Waals surface area contributed by atoms with Crippen molar-refractivity contribution >= 4 is 23.6 Å². The molecule has 1 heterocycles. The van der Waals surface area contributed by atoms with Gasteiger partial charge in [0.1, 0.15) is 5.54 Å². The lowest BCUT2D eigenvalue weighted by Gasteiger charge is -2.43. The van der Waals surface area contributed by atoms with Gasteiger partial charge in [0.15, 0.2) is 0 Å². The van der Waals surface area contributed by atoms with E-state index in [-0.39, 0.29) is 11.9 Å². The van der Waals surface area contributed by atoms with Gasteiger partial charge in [-0.15, -0.1) is 0 Å². The third-order valence-corrected chi connectivity index (χ3v) is 4.50. The first-order valence-electron chi connectivity index (χ1n) is 8.72. The molecule has 1 aliphatic rings. The van der Waals surface area contributed by atoms with Crippen molar-refractivity contribution in [1.82, 2.24) is 10.6 Å². The zero-order valence-electron chi connectivity index (χ0n) is 14.9. The summed E-state index contributed by atoms with van der Waals surface area (Å²) in [4.78, 5) is 33.5. The molecule has 0 radical (unpaired) electrons. The summed E-state index contributed by atoms with van der Waals surface area (Å²) in [5.41, 5.74) is 5.96. The summed E-state index contributed by atoms with van der Waals surface area (Å²) in [5.74, 6) is -0.896. The summed E-state index contributed by atoms with van der Waals surface area (Å²) in [6.45, 7) is 2.15. The van der Waals surface area contributed by atoms with Crippen molar-refractivity contribution in [3.05, 3.63) is 29.8 Å². The number of aliphatic carboxylic acids is 1. The van der Waals surface area contributed by atoms with E-state index in [9.17, 15) is 14.4 Å². The number of hydrogen-bond donors (Lipinski definition) is 5. The Morgan fingerprint density at radius 1 is 1.27 bits per heavy atom. The molecule has 1 fully saturated rings. The Labute approximate surface area is 152 Å². The molecular weight excluding hydrogens is 336 g/mol. The first kappa shape index (κ1) is 19.7. The topological polar surface area (TPSA) is 134 Å². The first-order valence-corrected chi connectivity index (χ1v) is 8.72. The molecule has 1 aliphatic heterocycles. The summed E-state index contributed by atoms with van der Waals surface area (Å²) in [7, 11) is 0. The number of amides is 3. The highest BCUT2D eigenvalue weighted by Gasteiger charge is 2.45. The summed E-state index contributed by atoms with van der Waals surface area (Å²) in [6.07, 6.45) is 3.09. The van der Waals surface area contributed by atoms with Gasteiger partial charge in [-0.3, -0.25) is 14.9 Å². The van der Waals surface area contributed by atoms with Crippen molar-refractivity contribution in [3.63, 3.8) is 0 Å². The van der Waals surface area contributed by atoms with Crippen LogP contribution < -0.4 is 21.7 Å². The number of primary amides is 1. The Kier molecular flexibility index (Phi) is 6.57. The second kappa shape index (κ2) is 8.66. The van der Waals surface area contributed by atoms with Crippen LogP contribution >= 0.6 is 0 Å². The molecule has 0 saturated carbocycles. The molecule has 2 unspecified atom stereocenters. The highest BCUT2D eigenvalue weighted by atomic mass is 16.4. The minimum absolute atomic E-state index is 0.0743. The second-order valence-electron chi connectivity index (χ2n) is 6.88. The van der Waals surface area contributed by atoms with Gasteiger partial charge in [0.05, 0.1) is 0 Å². The average molecular weight is 362 g/mol. The molecule has 142 valence electrons. The van der Waals surface area contributed by atoms with Gasteiger partial charge in [0, 0.05) is 24.7 Å². The number of carbonyl (C=O) groups is 3. The van der Waals surface area contributed by atoms with Crippen LogP contribution in [0.25, 0.3) is 0 Å². The molecule has 8 nitrogen and oxygen atoms in total. The zero-order chi connectivity index (χ0) is 19.2. The van der Waals surface area contributed by atoms with E-state index in [2.05, 4.69) is 16.0 Å². The number of unbranched alkanes of at least 4 members (excludes halogenated alkanes) is 1. The standard InChI is InChI=1S/C18H26N4O4/c1-18(16(24)25)11-14(22-18)10-12-5-7-13(8-6-12)21-15(23)4-2-3-9-20-17(19)26/h5-8,14,22H,2-4,9-11H2,1H3,(H,21,23)(H,24,25)(H3,19,20,26). The normalized spacial score (nSPS) is 21.5. The number of benzene rings is 1. The molecular formula is C18H26N4O4. The molecule has 0 bridgehead atoms. The maximum absolute atomic E-state index is 11.9. The van der Waals surface area contributed by atoms with Crippen LogP contribution in [0.15, 0.2) is 24.3 Å². The van der Waals surface area contributed by atoms with Crippen LogP contribution in [0.3, 0.4) is 0 Å². The Morgan fingerprint density at radius 2 is 1.92 bits per heavy atom. The van der Waals surface area contributed by atoms with E-state index in [0.29, 0.717) is 32.2 Å². The van der Waals surface area contributed by atoms with Crippen molar-refractivity contribution < 1.29 is 19.5 Å². The molecule has 0 aliphatic carbocycles. The van der Waals surface area contributed by atoms with E-state index in [4.69, 9.17) is 10.8 Å². The fourth-order valence-electron chi connectivity index (χ4n) is 3.05. The number of nitrogens with two attached hydrogens (primary N) is 1. The lowest BCUT2D eigenvalue weighted by molar-refractivity contribution is -0.149. The maximum atomic E-state index is 11.9. The Hall–Kier alpha value is -2.61. The van der Waals surface area contributed by atoms with Gasteiger partial charge in [-0.25, -0.2) is 4.79 Å². The Morgan fingerprint density at radius 3 is 2.50 bits per heavy atom. The fraction of sp³-hybridized carbons (Fsp3) is 0.500. The van der Waals surface area contributed by atoms with Crippen molar-refractivity contribution in [1.29, 1.82) is 0 Å². The van der Waals surface area contributed by atoms with Gasteiger partial charge in [-0.05, 0) is 50.3 Å². The lowest BCUT2D eigenvalue weighted by atomic mass is 9.80. The van der Waals surface area contributed by atoms with Gasteiger partial charge in [0.25, 0.3) is 0 Å². The molecule has 1 aromatic rings. The highest BCUT2D eigenvalue weighted by molar-refractivity contribution is 5.90. The molecule has 1 saturated heterocycles. The number of hydrogen-bond acceptors (Lipinski definition) is 4. The van der Waals surface area contributed by atoms with Crippen molar-refractivity contribution in [3.8, 4) is 0 Å². The Bertz CT molecular complexity index is 654. The average Bonchev–Trinajstić information content (AvgIpc) is 2.54. The number of nitrogens with one attached hydrogen (secondary N) is 3. The van der Waals surface area contributed by atoms with E-state index in [0.717, 1.165) is 17.7 Å². The monoisotopic (exact) mass is 362 g/mol. The molecule has 2 rings (SSSR count). The van der Waals surface area contributed by atoms with E-state index in [1.54, 1.807) is 6.92 Å². The summed E-state index contributed by atoms with van der Waals surface area (Å²) in [5, 5.41) is 17.5. The minimum Gasteiger partial charge on any atom is -0.480 e. The van der Waals surface area contributed by atoms with E-state index >= 15 is 0 Å². The van der Waals surface area contributed by atoms with Gasteiger partial charge in [-0.1, -0.05) is 12.1 Å². The summed E-state index contributed by atoms with van der Waals surface area (Å²) < 4.78 is 0. The molecule has 0 aromatic heterocycles. The van der Waals surface area contributed by atoms with Crippen LogP contribution in [-0.4, -0.2) is 41.1 Å². The van der Waals surface area contributed by atoms with Crippen LogP contribution in [0.2, 0.25) is 0 Å². The minimum atomic E-state index is -0.822. The van der Waals surface area contributed by atoms with E-state index in [1.165, 1.54) is 0 Å². The van der Waals surface area contributed by atoms with Gasteiger partial charge < -0.3 is 21.5 Å². The third kappa shape index (κ3) is 5.73. The highest BCUT2D eigenvalue weighted by Crippen LogP contribution is 2.27. The van der Waals surface area contributed by atoms with Gasteiger partial charge in [-0.2, -0.15) is 0 Å². The summed E-state index contributed by atoms with van der Waals surface area (Å²) >= 11 is 0. The second-order valence-corrected chi connectivity index (χ2v) is 6.88. The first-order chi connectivity index (χ1) is 12.3. The number of carboxylic acid groups (broad SMARTS) is 1. The number of carboxylic acids is 1. The maximum Gasteiger partial charge on any atom is 0.323 e. The molecule has 2 atom stereocenters. The zero-order valence-corrected chi connectivity index (χ0v) is 14.9. The molecule has 0 spiro atoms. The van der Waals surface area contributed by atoms with E-state index < -0.39 is 17.5 Å².